The number of hydrogen-bond donors (Lipinski definition) is 2. The van der Waals surface area contributed by atoms with Crippen LogP contribution in [0.15, 0.2) is 85.5 Å². The van der Waals surface area contributed by atoms with Crippen LogP contribution in [0.3, 0.4) is 0 Å². The molecule has 11 heteroatoms. The van der Waals surface area contributed by atoms with Crippen molar-refractivity contribution in [3.8, 4) is 5.75 Å². The molecule has 0 aromatic heterocycles. The normalized spacial score (nSPS) is 21.9. The molecule has 2 heterocycles. The SMILES string of the molecule is C=CCN1C(=O)[C@@]2(O[C@@H](CC(=O)N(CCO)Cc3ccccc3)[C@H]([Si](C)(C)F)[C@H]2C)c2cc(NC(=O)c3ccc(OC)cc3)ccc21. The van der Waals surface area contributed by atoms with Crippen LogP contribution in [-0.2, 0) is 26.5 Å². The fraction of sp³-hybridized carbons (Fsp3) is 0.361. The van der Waals surface area contributed by atoms with Gasteiger partial charge >= 0.3 is 0 Å². The molecule has 1 fully saturated rings. The lowest BCUT2D eigenvalue weighted by Gasteiger charge is -2.31. The van der Waals surface area contributed by atoms with Crippen molar-refractivity contribution in [3.05, 3.63) is 102 Å². The van der Waals surface area contributed by atoms with Crippen molar-refractivity contribution >= 4 is 37.5 Å². The maximum absolute atomic E-state index is 16.3. The van der Waals surface area contributed by atoms with Crippen LogP contribution in [0.1, 0.15) is 34.8 Å². The third-order valence-corrected chi connectivity index (χ3v) is 11.7. The van der Waals surface area contributed by atoms with Crippen molar-refractivity contribution in [1.29, 1.82) is 0 Å². The van der Waals surface area contributed by atoms with E-state index in [0.717, 1.165) is 5.56 Å². The van der Waals surface area contributed by atoms with E-state index < -0.39 is 31.6 Å². The van der Waals surface area contributed by atoms with Crippen LogP contribution in [0, 0.1) is 5.92 Å². The standard InChI is InChI=1S/C36H42FN3O6Si/c1-6-18-40-30-17-14-27(38-34(43)26-12-15-28(45-3)16-13-26)21-29(30)36(35(40)44)24(2)33(47(4,5)37)31(46-36)22-32(42)39(19-20-41)23-25-10-8-7-9-11-25/h6-17,21,24,31,33,41H,1,18-20,22-23H2,2-5H3,(H,38,43)/t24-,31+,33-,36+/m1/s1. The summed E-state index contributed by atoms with van der Waals surface area (Å²) in [4.78, 5) is 44.4. The summed E-state index contributed by atoms with van der Waals surface area (Å²) in [6, 6.07) is 21.3. The first-order valence-electron chi connectivity index (χ1n) is 15.8. The smallest absolute Gasteiger partial charge is 0.264 e. The molecule has 1 saturated heterocycles. The quantitative estimate of drug-likeness (QED) is 0.148. The molecule has 3 amide bonds. The largest absolute Gasteiger partial charge is 0.497 e. The molecule has 5 rings (SSSR count). The highest BCUT2D eigenvalue weighted by molar-refractivity contribution is 6.72. The van der Waals surface area contributed by atoms with Gasteiger partial charge in [-0.15, -0.1) is 6.58 Å². The van der Waals surface area contributed by atoms with Gasteiger partial charge < -0.3 is 33.8 Å². The Labute approximate surface area is 276 Å². The van der Waals surface area contributed by atoms with E-state index in [4.69, 9.17) is 9.47 Å². The van der Waals surface area contributed by atoms with E-state index in [1.54, 1.807) is 78.5 Å². The summed E-state index contributed by atoms with van der Waals surface area (Å²) in [6.45, 7) is 9.16. The van der Waals surface area contributed by atoms with Crippen molar-refractivity contribution in [2.24, 2.45) is 5.92 Å². The molecule has 2 aliphatic rings. The minimum absolute atomic E-state index is 0.106. The molecule has 9 nitrogen and oxygen atoms in total. The fourth-order valence-electron chi connectivity index (χ4n) is 7.10. The molecule has 2 aliphatic heterocycles. The van der Waals surface area contributed by atoms with Crippen LogP contribution in [-0.4, -0.2) is 69.0 Å². The van der Waals surface area contributed by atoms with Crippen LogP contribution in [0.5, 0.6) is 5.75 Å². The van der Waals surface area contributed by atoms with E-state index in [0.29, 0.717) is 28.3 Å². The summed E-state index contributed by atoms with van der Waals surface area (Å²) in [5, 5.41) is 12.7. The number of anilines is 2. The maximum atomic E-state index is 16.3. The minimum Gasteiger partial charge on any atom is -0.497 e. The molecule has 0 radical (unpaired) electrons. The number of halogens is 1. The molecule has 0 aliphatic carbocycles. The lowest BCUT2D eigenvalue weighted by Crippen LogP contribution is -2.45. The van der Waals surface area contributed by atoms with E-state index in [-0.39, 0.29) is 50.4 Å². The first kappa shape index (κ1) is 34.0. The van der Waals surface area contributed by atoms with Crippen LogP contribution < -0.4 is 15.0 Å². The van der Waals surface area contributed by atoms with Gasteiger partial charge in [0, 0.05) is 47.9 Å². The van der Waals surface area contributed by atoms with E-state index >= 15 is 4.11 Å². The minimum atomic E-state index is -3.54. The number of nitrogens with zero attached hydrogens (tertiary/aromatic N) is 2. The number of carbonyl (C=O) groups excluding carboxylic acids is 3. The number of nitrogens with one attached hydrogen (secondary N) is 1. The number of methoxy groups -OCH3 is 1. The Bertz CT molecular complexity index is 1630. The Morgan fingerprint density at radius 1 is 1.15 bits per heavy atom. The number of rotatable bonds is 12. The molecule has 0 unspecified atom stereocenters. The van der Waals surface area contributed by atoms with Gasteiger partial charge in [0.05, 0.1) is 31.9 Å². The topological polar surface area (TPSA) is 108 Å². The van der Waals surface area contributed by atoms with E-state index in [1.807, 2.05) is 37.3 Å². The Kier molecular flexibility index (Phi) is 9.99. The Hall–Kier alpha value is -4.32. The van der Waals surface area contributed by atoms with Crippen LogP contribution in [0.4, 0.5) is 15.5 Å². The number of aliphatic hydroxyl groups excluding tert-OH is 1. The zero-order valence-electron chi connectivity index (χ0n) is 27.2. The first-order valence-corrected chi connectivity index (χ1v) is 18.7. The number of benzene rings is 3. The van der Waals surface area contributed by atoms with Crippen molar-refractivity contribution in [1.82, 2.24) is 4.90 Å². The molecule has 3 aromatic rings. The predicted octanol–water partition coefficient (Wildman–Crippen LogP) is 5.67. The zero-order valence-corrected chi connectivity index (χ0v) is 28.2. The van der Waals surface area contributed by atoms with Gasteiger partial charge in [-0.25, -0.2) is 0 Å². The van der Waals surface area contributed by atoms with Gasteiger partial charge in [0.15, 0.2) is 5.60 Å². The number of hydrogen-bond acceptors (Lipinski definition) is 6. The van der Waals surface area contributed by atoms with Crippen LogP contribution in [0.25, 0.3) is 0 Å². The monoisotopic (exact) mass is 659 g/mol. The van der Waals surface area contributed by atoms with Gasteiger partial charge in [0.2, 0.25) is 14.3 Å². The number of ether oxygens (including phenoxy) is 2. The van der Waals surface area contributed by atoms with Crippen LogP contribution in [0.2, 0.25) is 18.6 Å². The third-order valence-electron chi connectivity index (χ3n) is 9.20. The predicted molar refractivity (Wildman–Crippen MR) is 182 cm³/mol. The molecular formula is C36H42FN3O6Si. The molecule has 0 bridgehead atoms. The molecule has 47 heavy (non-hydrogen) atoms. The Morgan fingerprint density at radius 2 is 1.85 bits per heavy atom. The molecule has 248 valence electrons. The second-order valence-corrected chi connectivity index (χ2v) is 16.4. The van der Waals surface area contributed by atoms with Gasteiger partial charge in [0.25, 0.3) is 11.8 Å². The molecule has 4 atom stereocenters. The van der Waals surface area contributed by atoms with E-state index in [9.17, 15) is 19.5 Å². The number of aliphatic hydroxyl groups is 1. The average molecular weight is 660 g/mol. The summed E-state index contributed by atoms with van der Waals surface area (Å²) in [6.07, 6.45) is 0.573. The van der Waals surface area contributed by atoms with Crippen molar-refractivity contribution < 1.29 is 33.1 Å². The molecule has 1 spiro atoms. The van der Waals surface area contributed by atoms with Crippen molar-refractivity contribution in [3.63, 3.8) is 0 Å². The highest BCUT2D eigenvalue weighted by atomic mass is 28.4. The summed E-state index contributed by atoms with van der Waals surface area (Å²) in [5.41, 5.74) is 0.579. The van der Waals surface area contributed by atoms with Gasteiger partial charge in [-0.2, -0.15) is 0 Å². The van der Waals surface area contributed by atoms with Gasteiger partial charge in [-0.3, -0.25) is 14.4 Å². The summed E-state index contributed by atoms with van der Waals surface area (Å²) in [7, 11) is -1.99. The van der Waals surface area contributed by atoms with Gasteiger partial charge in [0.1, 0.15) is 5.75 Å². The summed E-state index contributed by atoms with van der Waals surface area (Å²) >= 11 is 0. The molecule has 3 aromatic carbocycles. The Morgan fingerprint density at radius 3 is 2.47 bits per heavy atom. The van der Waals surface area contributed by atoms with Gasteiger partial charge in [-0.1, -0.05) is 43.3 Å². The summed E-state index contributed by atoms with van der Waals surface area (Å²) < 4.78 is 28.2. The first-order chi connectivity index (χ1) is 22.4. The number of carbonyl (C=O) groups is 3. The Balaban J connectivity index is 1.50. The highest BCUT2D eigenvalue weighted by Crippen LogP contribution is 2.60. The molecular weight excluding hydrogens is 617 g/mol. The molecule has 2 N–H and O–H groups in total. The van der Waals surface area contributed by atoms with Gasteiger partial charge in [-0.05, 0) is 61.1 Å². The second-order valence-electron chi connectivity index (χ2n) is 12.6. The van der Waals surface area contributed by atoms with Crippen molar-refractivity contribution in [2.75, 3.05) is 37.0 Å². The average Bonchev–Trinajstić information content (AvgIpc) is 3.47. The van der Waals surface area contributed by atoms with Crippen LogP contribution >= 0.6 is 0 Å². The number of amides is 3. The van der Waals surface area contributed by atoms with E-state index in [2.05, 4.69) is 11.9 Å². The second kappa shape index (κ2) is 13.8. The third kappa shape index (κ3) is 6.60. The van der Waals surface area contributed by atoms with E-state index in [1.165, 1.54) is 0 Å². The molecule has 0 saturated carbocycles. The van der Waals surface area contributed by atoms with Crippen molar-refractivity contribution in [2.45, 2.75) is 50.2 Å². The lowest BCUT2D eigenvalue weighted by molar-refractivity contribution is -0.149. The maximum Gasteiger partial charge on any atom is 0.264 e. The summed E-state index contributed by atoms with van der Waals surface area (Å²) in [5.74, 6) is -1.00. The highest BCUT2D eigenvalue weighted by Gasteiger charge is 2.67. The lowest BCUT2D eigenvalue weighted by atomic mass is 9.82. The fourth-order valence-corrected chi connectivity index (χ4v) is 9.59. The zero-order chi connectivity index (χ0) is 33.9. The number of fused-ring (bicyclic) bond motifs is 2.